The summed E-state index contributed by atoms with van der Waals surface area (Å²) >= 11 is 0. The van der Waals surface area contributed by atoms with E-state index in [1.165, 1.54) is 25.1 Å². The van der Waals surface area contributed by atoms with Crippen LogP contribution in [-0.4, -0.2) is 81.1 Å². The molecule has 4 rings (SSSR count). The number of amides is 1. The van der Waals surface area contributed by atoms with Crippen LogP contribution in [0.4, 0.5) is 0 Å². The third-order valence-electron chi connectivity index (χ3n) is 9.02. The van der Waals surface area contributed by atoms with Gasteiger partial charge in [0.05, 0.1) is 29.5 Å². The molecule has 0 aromatic heterocycles. The number of fused-ring (bicyclic) bond motifs is 3. The largest absolute Gasteiger partial charge is 0.507 e. The summed E-state index contributed by atoms with van der Waals surface area (Å²) in [6.07, 6.45) is 4.80. The van der Waals surface area contributed by atoms with Gasteiger partial charge in [0.2, 0.25) is 5.91 Å². The van der Waals surface area contributed by atoms with Gasteiger partial charge in [-0.25, -0.2) is 0 Å². The lowest BCUT2D eigenvalue weighted by molar-refractivity contribution is -0.197. The molecule has 2 fully saturated rings. The van der Waals surface area contributed by atoms with Gasteiger partial charge in [-0.05, 0) is 38.1 Å². The van der Waals surface area contributed by atoms with Gasteiger partial charge in [0, 0.05) is 5.92 Å². The molecule has 0 heterocycles. The van der Waals surface area contributed by atoms with Crippen LogP contribution in [0.5, 0.6) is 5.75 Å². The monoisotopic (exact) mass is 542 g/mol. The third kappa shape index (κ3) is 4.42. The van der Waals surface area contributed by atoms with E-state index in [2.05, 4.69) is 6.92 Å². The van der Waals surface area contributed by atoms with Gasteiger partial charge in [-0.2, -0.15) is 0 Å². The Morgan fingerprint density at radius 2 is 1.67 bits per heavy atom. The number of primary amides is 1. The second-order valence-corrected chi connectivity index (χ2v) is 11.5. The molecule has 3 aliphatic carbocycles. The first kappa shape index (κ1) is 29.0. The Balaban J connectivity index is 1.83. The number of phenols is 1. The Morgan fingerprint density at radius 3 is 2.28 bits per heavy atom. The summed E-state index contributed by atoms with van der Waals surface area (Å²) < 4.78 is 0. The van der Waals surface area contributed by atoms with Gasteiger partial charge in [-0.3, -0.25) is 28.9 Å². The van der Waals surface area contributed by atoms with Crippen LogP contribution in [0.3, 0.4) is 0 Å². The van der Waals surface area contributed by atoms with Crippen molar-refractivity contribution >= 4 is 29.0 Å². The SMILES string of the molecule is CCCCCCCC[C@H]1c2cccc(O)c2C(=O)C2C(=O)[C@]3(O)C(=O)C(C(N)=O)C(=O)C(N(C)C)[C@@H]3[C@@H](O)[C@@H]21. The van der Waals surface area contributed by atoms with Crippen LogP contribution in [0.1, 0.15) is 73.7 Å². The van der Waals surface area contributed by atoms with Gasteiger partial charge < -0.3 is 21.1 Å². The molecule has 3 aliphatic rings. The average Bonchev–Trinajstić information content (AvgIpc) is 2.87. The van der Waals surface area contributed by atoms with Crippen molar-refractivity contribution in [2.45, 2.75) is 75.5 Å². The highest BCUT2D eigenvalue weighted by atomic mass is 16.3. The zero-order chi connectivity index (χ0) is 28.8. The molecule has 8 atom stereocenters. The standard InChI is InChI=1S/C29H38N2O8/c1-4-5-6-7-8-9-11-15-14-12-10-13-16(32)17(14)23(33)19-18(15)24(34)21-22(31(2)3)25(35)20(28(30)38)27(37)29(21,39)26(19)36/h10,12-13,15,18-22,24,32,34,39H,4-9,11H2,1-3H3,(H2,30,38)/t15-,18+,19?,20?,21+,22?,24-,29-/m0/s1. The van der Waals surface area contributed by atoms with Crippen LogP contribution >= 0.6 is 0 Å². The molecule has 10 heteroatoms. The minimum atomic E-state index is -2.98. The summed E-state index contributed by atoms with van der Waals surface area (Å²) in [4.78, 5) is 68.1. The van der Waals surface area contributed by atoms with E-state index in [0.29, 0.717) is 12.0 Å². The average molecular weight is 543 g/mol. The molecular formula is C29H38N2O8. The molecule has 39 heavy (non-hydrogen) atoms. The molecule has 1 amide bonds. The molecule has 2 saturated carbocycles. The Labute approximate surface area is 227 Å². The van der Waals surface area contributed by atoms with Crippen molar-refractivity contribution in [3.8, 4) is 5.75 Å². The Bertz CT molecular complexity index is 1200. The summed E-state index contributed by atoms with van der Waals surface area (Å²) in [5.74, 6) is -12.8. The van der Waals surface area contributed by atoms with Crippen LogP contribution in [0, 0.1) is 23.7 Å². The van der Waals surface area contributed by atoms with Gasteiger partial charge in [0.15, 0.2) is 34.7 Å². The number of aromatic hydroxyl groups is 1. The van der Waals surface area contributed by atoms with Gasteiger partial charge >= 0.3 is 0 Å². The zero-order valence-corrected chi connectivity index (χ0v) is 22.6. The first-order valence-electron chi connectivity index (χ1n) is 13.8. The fourth-order valence-corrected chi connectivity index (χ4v) is 7.26. The molecule has 1 aromatic rings. The number of phenolic OH excluding ortho intramolecular Hbond substituents is 1. The van der Waals surface area contributed by atoms with E-state index in [9.17, 15) is 39.3 Å². The van der Waals surface area contributed by atoms with E-state index in [-0.39, 0.29) is 11.3 Å². The molecule has 1 aromatic carbocycles. The maximum absolute atomic E-state index is 14.1. The summed E-state index contributed by atoms with van der Waals surface area (Å²) in [6.45, 7) is 2.12. The number of ketones is 4. The fraction of sp³-hybridized carbons (Fsp3) is 0.621. The molecule has 0 saturated heterocycles. The number of aliphatic hydroxyl groups excluding tert-OH is 1. The highest BCUT2D eigenvalue weighted by molar-refractivity contribution is 6.32. The van der Waals surface area contributed by atoms with Crippen molar-refractivity contribution in [2.75, 3.05) is 14.1 Å². The number of rotatable bonds is 9. The zero-order valence-electron chi connectivity index (χ0n) is 22.6. The van der Waals surface area contributed by atoms with E-state index in [0.717, 1.165) is 38.5 Å². The highest BCUT2D eigenvalue weighted by Gasteiger charge is 2.73. The first-order valence-corrected chi connectivity index (χ1v) is 13.8. The lowest BCUT2D eigenvalue weighted by Gasteiger charge is -2.56. The van der Waals surface area contributed by atoms with Gasteiger partial charge in [-0.15, -0.1) is 0 Å². The fourth-order valence-electron chi connectivity index (χ4n) is 7.26. The normalized spacial score (nSPS) is 34.1. The number of nitrogens with two attached hydrogens (primary N) is 1. The van der Waals surface area contributed by atoms with Crippen LogP contribution < -0.4 is 5.73 Å². The Kier molecular flexibility index (Phi) is 8.12. The number of likely N-dealkylation sites (N-methyl/N-ethyl adjacent to an activating group) is 1. The van der Waals surface area contributed by atoms with Crippen molar-refractivity contribution in [1.29, 1.82) is 0 Å². The van der Waals surface area contributed by atoms with E-state index in [1.54, 1.807) is 12.1 Å². The number of nitrogens with zero attached hydrogens (tertiary/aromatic N) is 1. The van der Waals surface area contributed by atoms with Crippen LogP contribution in [0.2, 0.25) is 0 Å². The molecule has 0 aliphatic heterocycles. The smallest absolute Gasteiger partial charge is 0.235 e. The first-order chi connectivity index (χ1) is 18.4. The van der Waals surface area contributed by atoms with Crippen LogP contribution in [-0.2, 0) is 19.2 Å². The number of carbonyl (C=O) groups is 5. The molecule has 0 bridgehead atoms. The topological polar surface area (TPSA) is 175 Å². The number of carbonyl (C=O) groups excluding carboxylic acids is 5. The van der Waals surface area contributed by atoms with Crippen molar-refractivity contribution in [1.82, 2.24) is 4.90 Å². The maximum atomic E-state index is 14.1. The predicted molar refractivity (Wildman–Crippen MR) is 140 cm³/mol. The van der Waals surface area contributed by atoms with E-state index < -0.39 is 76.4 Å². The maximum Gasteiger partial charge on any atom is 0.235 e. The highest BCUT2D eigenvalue weighted by Crippen LogP contribution is 2.55. The predicted octanol–water partition coefficient (Wildman–Crippen LogP) is 1.13. The number of hydrogen-bond acceptors (Lipinski definition) is 9. The number of benzene rings is 1. The molecule has 3 unspecified atom stereocenters. The van der Waals surface area contributed by atoms with Crippen molar-refractivity contribution in [2.24, 2.45) is 29.4 Å². The summed E-state index contributed by atoms with van der Waals surface area (Å²) in [6, 6.07) is 3.24. The second kappa shape index (κ2) is 10.9. The van der Waals surface area contributed by atoms with Crippen LogP contribution in [0.25, 0.3) is 0 Å². The summed E-state index contributed by atoms with van der Waals surface area (Å²) in [7, 11) is 2.96. The van der Waals surface area contributed by atoms with Crippen molar-refractivity contribution < 1.29 is 39.3 Å². The third-order valence-corrected chi connectivity index (χ3v) is 9.02. The van der Waals surface area contributed by atoms with Crippen LogP contribution in [0.15, 0.2) is 18.2 Å². The summed E-state index contributed by atoms with van der Waals surface area (Å²) in [5, 5.41) is 34.2. The molecule has 212 valence electrons. The molecule has 0 spiro atoms. The number of hydrogen-bond donors (Lipinski definition) is 4. The Hall–Kier alpha value is -2.95. The minimum Gasteiger partial charge on any atom is -0.507 e. The quantitative estimate of drug-likeness (QED) is 0.263. The second-order valence-electron chi connectivity index (χ2n) is 11.5. The number of aliphatic hydroxyl groups is 2. The van der Waals surface area contributed by atoms with Gasteiger partial charge in [0.25, 0.3) is 0 Å². The number of unbranched alkanes of at least 4 members (excludes halogenated alkanes) is 5. The van der Waals surface area contributed by atoms with Crippen molar-refractivity contribution in [3.63, 3.8) is 0 Å². The molecular weight excluding hydrogens is 504 g/mol. The lowest BCUT2D eigenvalue weighted by atomic mass is 9.49. The minimum absolute atomic E-state index is 0.0627. The number of Topliss-reactive ketones (excluding diaryl/α,β-unsaturated/α-hetero) is 4. The molecule has 10 nitrogen and oxygen atoms in total. The molecule has 5 N–H and O–H groups in total. The van der Waals surface area contributed by atoms with Gasteiger partial charge in [0.1, 0.15) is 5.75 Å². The van der Waals surface area contributed by atoms with E-state index >= 15 is 0 Å². The Morgan fingerprint density at radius 1 is 1.03 bits per heavy atom. The molecule has 0 radical (unpaired) electrons. The summed E-state index contributed by atoms with van der Waals surface area (Å²) in [5.41, 5.74) is 2.80. The van der Waals surface area contributed by atoms with E-state index in [1.807, 2.05) is 0 Å². The van der Waals surface area contributed by atoms with Gasteiger partial charge in [-0.1, -0.05) is 57.6 Å². The lowest BCUT2D eigenvalue weighted by Crippen LogP contribution is -2.77. The van der Waals surface area contributed by atoms with E-state index in [4.69, 9.17) is 5.73 Å². The van der Waals surface area contributed by atoms with Crippen molar-refractivity contribution in [3.05, 3.63) is 29.3 Å².